The Balaban J connectivity index is 1.73. The highest BCUT2D eigenvalue weighted by Crippen LogP contribution is 2.32. The summed E-state index contributed by atoms with van der Waals surface area (Å²) >= 11 is 0. The minimum atomic E-state index is -4.58. The van der Waals surface area contributed by atoms with Crippen molar-refractivity contribution in [3.8, 4) is 0 Å². The summed E-state index contributed by atoms with van der Waals surface area (Å²) in [6.07, 6.45) is -3.12. The van der Waals surface area contributed by atoms with Gasteiger partial charge in [-0.05, 0) is 30.2 Å². The third kappa shape index (κ3) is 4.37. The highest BCUT2D eigenvalue weighted by molar-refractivity contribution is 5.96. The molecule has 0 radical (unpaired) electrons. The molecule has 0 saturated heterocycles. The lowest BCUT2D eigenvalue weighted by molar-refractivity contribution is -0.138. The Morgan fingerprint density at radius 1 is 1.11 bits per heavy atom. The molecule has 0 fully saturated rings. The largest absolute Gasteiger partial charge is 0.416 e. The predicted octanol–water partition coefficient (Wildman–Crippen LogP) is 3.19. The molecule has 9 heteroatoms. The van der Waals surface area contributed by atoms with E-state index in [4.69, 9.17) is 0 Å². The molecule has 3 rings (SSSR count). The number of alkyl halides is 3. The third-order valence-electron chi connectivity index (χ3n) is 4.16. The van der Waals surface area contributed by atoms with Gasteiger partial charge in [0.25, 0.3) is 5.91 Å². The molecule has 2 aromatic carbocycles. The van der Waals surface area contributed by atoms with E-state index in [9.17, 15) is 23.1 Å². The minimum Gasteiger partial charge on any atom is -0.376 e. The fourth-order valence-corrected chi connectivity index (χ4v) is 2.57. The summed E-state index contributed by atoms with van der Waals surface area (Å²) in [5, 5.41) is 20.6. The second kappa shape index (κ2) is 7.43. The first-order valence-corrected chi connectivity index (χ1v) is 8.32. The van der Waals surface area contributed by atoms with Crippen LogP contribution in [0.4, 0.5) is 19.0 Å². The Bertz CT molecular complexity index is 969. The van der Waals surface area contributed by atoms with Gasteiger partial charge in [-0.15, -0.1) is 5.10 Å². The molecule has 1 amide bonds. The van der Waals surface area contributed by atoms with Crippen molar-refractivity contribution in [1.82, 2.24) is 15.0 Å². The van der Waals surface area contributed by atoms with E-state index in [0.29, 0.717) is 6.54 Å². The SMILES string of the molecule is CC(O)(C(=O)Nc1cn(Cc2ccccc2)nn1)c1cccc(C(F)(F)F)c1. The predicted molar refractivity (Wildman–Crippen MR) is 95.2 cm³/mol. The Morgan fingerprint density at radius 3 is 2.46 bits per heavy atom. The van der Waals surface area contributed by atoms with Crippen LogP contribution in [-0.4, -0.2) is 26.0 Å². The molecule has 1 heterocycles. The maximum absolute atomic E-state index is 12.9. The molecule has 1 aromatic heterocycles. The van der Waals surface area contributed by atoms with Crippen molar-refractivity contribution >= 4 is 11.7 Å². The number of halogens is 3. The van der Waals surface area contributed by atoms with E-state index in [1.165, 1.54) is 16.9 Å². The van der Waals surface area contributed by atoms with E-state index in [1.807, 2.05) is 30.3 Å². The van der Waals surface area contributed by atoms with Crippen molar-refractivity contribution in [2.45, 2.75) is 25.2 Å². The summed E-state index contributed by atoms with van der Waals surface area (Å²) in [4.78, 5) is 12.4. The molecular formula is C19H17F3N4O2. The van der Waals surface area contributed by atoms with Gasteiger partial charge in [-0.3, -0.25) is 4.79 Å². The van der Waals surface area contributed by atoms with Crippen LogP contribution in [0.1, 0.15) is 23.6 Å². The standard InChI is InChI=1S/C19H17F3N4O2/c1-18(28,14-8-5-9-15(10-14)19(20,21)22)17(27)23-16-12-26(25-24-16)11-13-6-3-2-4-7-13/h2-10,12,28H,11H2,1H3,(H,23,27). The fourth-order valence-electron chi connectivity index (χ4n) is 2.57. The quantitative estimate of drug-likeness (QED) is 0.701. The smallest absolute Gasteiger partial charge is 0.376 e. The van der Waals surface area contributed by atoms with Gasteiger partial charge in [0.2, 0.25) is 0 Å². The van der Waals surface area contributed by atoms with Crippen LogP contribution in [0.3, 0.4) is 0 Å². The average molecular weight is 390 g/mol. The number of nitrogens with zero attached hydrogens (tertiary/aromatic N) is 3. The van der Waals surface area contributed by atoms with Gasteiger partial charge in [0.15, 0.2) is 11.4 Å². The Morgan fingerprint density at radius 2 is 1.79 bits per heavy atom. The zero-order valence-corrected chi connectivity index (χ0v) is 14.8. The van der Waals surface area contributed by atoms with E-state index in [0.717, 1.165) is 30.7 Å². The van der Waals surface area contributed by atoms with Crippen molar-refractivity contribution in [3.63, 3.8) is 0 Å². The van der Waals surface area contributed by atoms with Crippen molar-refractivity contribution < 1.29 is 23.1 Å². The highest BCUT2D eigenvalue weighted by atomic mass is 19.4. The molecule has 0 spiro atoms. The van der Waals surface area contributed by atoms with Crippen LogP contribution in [-0.2, 0) is 23.1 Å². The van der Waals surface area contributed by atoms with Crippen molar-refractivity contribution in [3.05, 3.63) is 77.5 Å². The molecule has 3 aromatic rings. The summed E-state index contributed by atoms with van der Waals surface area (Å²) in [6.45, 7) is 1.54. The minimum absolute atomic E-state index is 0.0770. The molecule has 0 aliphatic heterocycles. The van der Waals surface area contributed by atoms with Crippen molar-refractivity contribution in [1.29, 1.82) is 0 Å². The van der Waals surface area contributed by atoms with Crippen LogP contribution in [0.2, 0.25) is 0 Å². The molecule has 2 N–H and O–H groups in total. The number of hydrogen-bond donors (Lipinski definition) is 2. The van der Waals surface area contributed by atoms with Crippen LogP contribution in [0, 0.1) is 0 Å². The summed E-state index contributed by atoms with van der Waals surface area (Å²) in [7, 11) is 0. The number of hydrogen-bond acceptors (Lipinski definition) is 4. The molecule has 0 bridgehead atoms. The van der Waals surface area contributed by atoms with Gasteiger partial charge < -0.3 is 10.4 Å². The summed E-state index contributed by atoms with van der Waals surface area (Å²) in [5.41, 5.74) is -2.35. The molecule has 6 nitrogen and oxygen atoms in total. The van der Waals surface area contributed by atoms with Gasteiger partial charge >= 0.3 is 6.18 Å². The summed E-state index contributed by atoms with van der Waals surface area (Å²) in [6, 6.07) is 13.4. The van der Waals surface area contributed by atoms with Gasteiger partial charge in [0, 0.05) is 0 Å². The van der Waals surface area contributed by atoms with Crippen LogP contribution in [0.25, 0.3) is 0 Å². The number of nitrogens with one attached hydrogen (secondary N) is 1. The first-order chi connectivity index (χ1) is 13.2. The number of amides is 1. The van der Waals surface area contributed by atoms with Gasteiger partial charge in [0.05, 0.1) is 18.3 Å². The molecule has 146 valence electrons. The molecule has 0 aliphatic rings. The van der Waals surface area contributed by atoms with Crippen molar-refractivity contribution in [2.75, 3.05) is 5.32 Å². The number of rotatable bonds is 5. The lowest BCUT2D eigenvalue weighted by Crippen LogP contribution is -2.37. The summed E-state index contributed by atoms with van der Waals surface area (Å²) in [5.74, 6) is -0.841. The number of carbonyl (C=O) groups excluding carboxylic acids is 1. The van der Waals surface area contributed by atoms with Gasteiger partial charge in [0.1, 0.15) is 0 Å². The summed E-state index contributed by atoms with van der Waals surface area (Å²) < 4.78 is 40.1. The van der Waals surface area contributed by atoms with E-state index in [-0.39, 0.29) is 11.4 Å². The number of aromatic nitrogens is 3. The van der Waals surface area contributed by atoms with Crippen molar-refractivity contribution in [2.24, 2.45) is 0 Å². The zero-order valence-electron chi connectivity index (χ0n) is 14.8. The lowest BCUT2D eigenvalue weighted by Gasteiger charge is -2.23. The van der Waals surface area contributed by atoms with Crippen LogP contribution in [0.5, 0.6) is 0 Å². The topological polar surface area (TPSA) is 80.0 Å². The maximum atomic E-state index is 12.9. The van der Waals surface area contributed by atoms with Crippen LogP contribution < -0.4 is 5.32 Å². The molecule has 0 saturated carbocycles. The Kier molecular flexibility index (Phi) is 5.19. The monoisotopic (exact) mass is 390 g/mol. The molecular weight excluding hydrogens is 373 g/mol. The fraction of sp³-hybridized carbons (Fsp3) is 0.211. The zero-order chi connectivity index (χ0) is 20.4. The van der Waals surface area contributed by atoms with Gasteiger partial charge in [-0.25, -0.2) is 4.68 Å². The van der Waals surface area contributed by atoms with E-state index >= 15 is 0 Å². The van der Waals surface area contributed by atoms with Crippen LogP contribution >= 0.6 is 0 Å². The maximum Gasteiger partial charge on any atom is 0.416 e. The number of anilines is 1. The highest BCUT2D eigenvalue weighted by Gasteiger charge is 2.36. The second-order valence-electron chi connectivity index (χ2n) is 6.39. The molecule has 1 unspecified atom stereocenters. The van der Waals surface area contributed by atoms with Crippen LogP contribution in [0.15, 0.2) is 60.8 Å². The lowest BCUT2D eigenvalue weighted by atomic mass is 9.93. The normalized spacial score (nSPS) is 13.8. The third-order valence-corrected chi connectivity index (χ3v) is 4.16. The number of benzene rings is 2. The van der Waals surface area contributed by atoms with E-state index < -0.39 is 23.2 Å². The number of aliphatic hydroxyl groups is 1. The van der Waals surface area contributed by atoms with Gasteiger partial charge in [-0.2, -0.15) is 13.2 Å². The number of carbonyl (C=O) groups is 1. The second-order valence-corrected chi connectivity index (χ2v) is 6.39. The van der Waals surface area contributed by atoms with E-state index in [1.54, 1.807) is 0 Å². The Labute approximate surface area is 158 Å². The Hall–Kier alpha value is -3.20. The van der Waals surface area contributed by atoms with Gasteiger partial charge in [-0.1, -0.05) is 47.7 Å². The molecule has 0 aliphatic carbocycles. The molecule has 1 atom stereocenters. The van der Waals surface area contributed by atoms with E-state index in [2.05, 4.69) is 15.6 Å². The average Bonchev–Trinajstić information content (AvgIpc) is 3.08. The molecule has 28 heavy (non-hydrogen) atoms. The first kappa shape index (κ1) is 19.6. The first-order valence-electron chi connectivity index (χ1n) is 8.32.